The number of rotatable bonds is 7. The summed E-state index contributed by atoms with van der Waals surface area (Å²) < 4.78 is 1.91. The first kappa shape index (κ1) is 19.6. The number of carbonyl (C=O) groups is 1. The Balaban J connectivity index is 1.40. The van der Waals surface area contributed by atoms with Crippen molar-refractivity contribution in [2.24, 2.45) is 11.8 Å². The molecule has 3 fully saturated rings. The maximum atomic E-state index is 13.4. The third-order valence-electron chi connectivity index (χ3n) is 6.81. The molecule has 0 unspecified atom stereocenters. The smallest absolute Gasteiger partial charge is 0.263 e. The first-order valence-corrected chi connectivity index (χ1v) is 12.8. The van der Waals surface area contributed by atoms with Gasteiger partial charge in [-0.25, -0.2) is 4.98 Å². The number of fused-ring (bicyclic) bond motifs is 1. The number of thioether (sulfide) groups is 1. The van der Waals surface area contributed by atoms with Crippen molar-refractivity contribution in [3.8, 4) is 0 Å². The molecule has 0 saturated heterocycles. The Bertz CT molecular complexity index is 986. The lowest BCUT2D eigenvalue weighted by molar-refractivity contribution is -0.119. The molecule has 5 nitrogen and oxygen atoms in total. The Hall–Kier alpha value is -1.34. The van der Waals surface area contributed by atoms with Gasteiger partial charge in [0.25, 0.3) is 5.56 Å². The molecule has 0 atom stereocenters. The quantitative estimate of drug-likeness (QED) is 0.515. The molecule has 3 saturated carbocycles. The van der Waals surface area contributed by atoms with Crippen LogP contribution in [-0.2, 0) is 4.79 Å². The average Bonchev–Trinajstić information content (AvgIpc) is 3.62. The second-order valence-corrected chi connectivity index (χ2v) is 11.2. The fourth-order valence-electron chi connectivity index (χ4n) is 4.76. The molecule has 2 heterocycles. The summed E-state index contributed by atoms with van der Waals surface area (Å²) in [5.41, 5.74) is 1.14. The van der Waals surface area contributed by atoms with Gasteiger partial charge in [0.15, 0.2) is 5.16 Å². The molecule has 1 amide bonds. The van der Waals surface area contributed by atoms with Crippen molar-refractivity contribution in [3.63, 3.8) is 0 Å². The van der Waals surface area contributed by atoms with Gasteiger partial charge in [-0.1, -0.05) is 24.6 Å². The summed E-state index contributed by atoms with van der Waals surface area (Å²) in [7, 11) is 0. The van der Waals surface area contributed by atoms with Gasteiger partial charge in [-0.05, 0) is 69.8 Å². The summed E-state index contributed by atoms with van der Waals surface area (Å²) >= 11 is 3.03. The standard InChI is InChI=1S/C22H29N3O2S2/c1-12-13(2)29-20-18(12)21(27)25(16-5-3-4-6-16)22(24-20)28-11-17(26)23-19(14-7-8-14)15-9-10-15/h14-16,19H,3-11H2,1-2H3,(H,23,26). The van der Waals surface area contributed by atoms with E-state index in [1.807, 2.05) is 11.5 Å². The van der Waals surface area contributed by atoms with Crippen LogP contribution >= 0.6 is 23.1 Å². The number of aromatic nitrogens is 2. The molecule has 1 N–H and O–H groups in total. The highest BCUT2D eigenvalue weighted by atomic mass is 32.2. The van der Waals surface area contributed by atoms with E-state index in [9.17, 15) is 9.59 Å². The van der Waals surface area contributed by atoms with E-state index in [-0.39, 0.29) is 17.5 Å². The summed E-state index contributed by atoms with van der Waals surface area (Å²) in [6.45, 7) is 4.07. The number of nitrogens with zero attached hydrogens (tertiary/aromatic N) is 2. The minimum atomic E-state index is 0.0838. The number of nitrogens with one attached hydrogen (secondary N) is 1. The number of hydrogen-bond acceptors (Lipinski definition) is 5. The minimum absolute atomic E-state index is 0.0838. The minimum Gasteiger partial charge on any atom is -0.352 e. The van der Waals surface area contributed by atoms with Crippen LogP contribution in [-0.4, -0.2) is 27.3 Å². The molecule has 3 aliphatic rings. The van der Waals surface area contributed by atoms with Gasteiger partial charge in [0.2, 0.25) is 5.91 Å². The molecule has 7 heteroatoms. The molecule has 0 radical (unpaired) electrons. The van der Waals surface area contributed by atoms with Crippen molar-refractivity contribution in [1.29, 1.82) is 0 Å². The van der Waals surface area contributed by atoms with Crippen LogP contribution in [0.4, 0.5) is 0 Å². The molecule has 5 rings (SSSR count). The van der Waals surface area contributed by atoms with Crippen LogP contribution < -0.4 is 10.9 Å². The predicted molar refractivity (Wildman–Crippen MR) is 119 cm³/mol. The van der Waals surface area contributed by atoms with Crippen molar-refractivity contribution < 1.29 is 4.79 Å². The molecule has 0 aromatic carbocycles. The molecular formula is C22H29N3O2S2. The summed E-state index contributed by atoms with van der Waals surface area (Å²) in [6.07, 6.45) is 9.39. The molecule has 2 aromatic heterocycles. The first-order valence-electron chi connectivity index (χ1n) is 11.0. The van der Waals surface area contributed by atoms with Gasteiger partial charge >= 0.3 is 0 Å². The zero-order valence-electron chi connectivity index (χ0n) is 17.2. The van der Waals surface area contributed by atoms with Gasteiger partial charge in [0.1, 0.15) is 4.83 Å². The van der Waals surface area contributed by atoms with Gasteiger partial charge < -0.3 is 5.32 Å². The number of aryl methyl sites for hydroxylation is 2. The van der Waals surface area contributed by atoms with E-state index in [1.165, 1.54) is 37.4 Å². The summed E-state index contributed by atoms with van der Waals surface area (Å²) in [5.74, 6) is 1.81. The van der Waals surface area contributed by atoms with E-state index in [4.69, 9.17) is 4.98 Å². The lowest BCUT2D eigenvalue weighted by atomic mass is 10.1. The molecule has 29 heavy (non-hydrogen) atoms. The maximum Gasteiger partial charge on any atom is 0.263 e. The SMILES string of the molecule is Cc1sc2nc(SCC(=O)NC(C3CC3)C3CC3)n(C3CCCC3)c(=O)c2c1C. The van der Waals surface area contributed by atoms with Crippen molar-refractivity contribution in [2.75, 3.05) is 5.75 Å². The molecule has 0 bridgehead atoms. The monoisotopic (exact) mass is 431 g/mol. The van der Waals surface area contributed by atoms with E-state index in [1.54, 1.807) is 11.3 Å². The first-order chi connectivity index (χ1) is 14.0. The van der Waals surface area contributed by atoms with Crippen molar-refractivity contribution in [3.05, 3.63) is 20.8 Å². The van der Waals surface area contributed by atoms with Gasteiger partial charge in [-0.2, -0.15) is 0 Å². The number of carbonyl (C=O) groups excluding carboxylic acids is 1. The summed E-state index contributed by atoms with van der Waals surface area (Å²) in [4.78, 5) is 32.9. The highest BCUT2D eigenvalue weighted by molar-refractivity contribution is 7.99. The van der Waals surface area contributed by atoms with Crippen molar-refractivity contribution >= 4 is 39.2 Å². The second-order valence-electron chi connectivity index (χ2n) is 9.03. The van der Waals surface area contributed by atoms with Gasteiger partial charge in [0, 0.05) is 17.0 Å². The normalized spacial score (nSPS) is 20.1. The topological polar surface area (TPSA) is 64.0 Å². The van der Waals surface area contributed by atoms with Gasteiger partial charge in [0.05, 0.1) is 11.1 Å². The van der Waals surface area contributed by atoms with E-state index >= 15 is 0 Å². The lowest BCUT2D eigenvalue weighted by Crippen LogP contribution is -2.39. The Morgan fingerprint density at radius 1 is 1.17 bits per heavy atom. The van der Waals surface area contributed by atoms with Crippen LogP contribution in [0, 0.1) is 25.7 Å². The number of hydrogen-bond donors (Lipinski definition) is 1. The maximum absolute atomic E-state index is 13.4. The van der Waals surface area contributed by atoms with Crippen LogP contribution in [0.1, 0.15) is 67.8 Å². The molecule has 156 valence electrons. The molecule has 0 aliphatic heterocycles. The van der Waals surface area contributed by atoms with Crippen molar-refractivity contribution in [1.82, 2.24) is 14.9 Å². The second kappa shape index (κ2) is 7.73. The van der Waals surface area contributed by atoms with Crippen LogP contribution in [0.5, 0.6) is 0 Å². The molecular weight excluding hydrogens is 402 g/mol. The average molecular weight is 432 g/mol. The van der Waals surface area contributed by atoms with E-state index in [0.29, 0.717) is 23.6 Å². The highest BCUT2D eigenvalue weighted by Gasteiger charge is 2.42. The predicted octanol–water partition coefficient (Wildman–Crippen LogP) is 4.59. The lowest BCUT2D eigenvalue weighted by Gasteiger charge is -2.19. The largest absolute Gasteiger partial charge is 0.352 e. The molecule has 3 aliphatic carbocycles. The highest BCUT2D eigenvalue weighted by Crippen LogP contribution is 2.44. The molecule has 0 spiro atoms. The van der Waals surface area contributed by atoms with E-state index in [0.717, 1.165) is 51.5 Å². The van der Waals surface area contributed by atoms with Crippen LogP contribution in [0.3, 0.4) is 0 Å². The third kappa shape index (κ3) is 3.88. The number of thiophene rings is 1. The van der Waals surface area contributed by atoms with Crippen molar-refractivity contribution in [2.45, 2.75) is 82.5 Å². The van der Waals surface area contributed by atoms with Crippen LogP contribution in [0.15, 0.2) is 9.95 Å². The Kier molecular flexibility index (Phi) is 5.23. The van der Waals surface area contributed by atoms with E-state index < -0.39 is 0 Å². The van der Waals surface area contributed by atoms with Crippen LogP contribution in [0.2, 0.25) is 0 Å². The summed E-state index contributed by atoms with van der Waals surface area (Å²) in [6, 6.07) is 0.591. The van der Waals surface area contributed by atoms with E-state index in [2.05, 4.69) is 12.2 Å². The Labute approximate surface area is 179 Å². The fraction of sp³-hybridized carbons (Fsp3) is 0.682. The fourth-order valence-corrected chi connectivity index (χ4v) is 6.71. The number of amides is 1. The summed E-state index contributed by atoms with van der Waals surface area (Å²) in [5, 5.41) is 4.79. The zero-order chi connectivity index (χ0) is 20.1. The van der Waals surface area contributed by atoms with Gasteiger partial charge in [-0.3, -0.25) is 14.2 Å². The zero-order valence-corrected chi connectivity index (χ0v) is 18.8. The van der Waals surface area contributed by atoms with Gasteiger partial charge in [-0.15, -0.1) is 11.3 Å². The molecule has 2 aromatic rings. The third-order valence-corrected chi connectivity index (χ3v) is 8.87. The van der Waals surface area contributed by atoms with Crippen LogP contribution in [0.25, 0.3) is 10.2 Å². The Morgan fingerprint density at radius 2 is 1.83 bits per heavy atom. The Morgan fingerprint density at radius 3 is 2.45 bits per heavy atom.